The summed E-state index contributed by atoms with van der Waals surface area (Å²) in [4.78, 5) is 23.0. The van der Waals surface area contributed by atoms with Crippen LogP contribution in [0.5, 0.6) is 0 Å². The molecule has 1 unspecified atom stereocenters. The summed E-state index contributed by atoms with van der Waals surface area (Å²) in [7, 11) is 5.39. The van der Waals surface area contributed by atoms with Gasteiger partial charge in [0, 0.05) is 68.8 Å². The molecule has 38 heavy (non-hydrogen) atoms. The normalized spacial score (nSPS) is 22.8. The number of piperidine rings is 1. The van der Waals surface area contributed by atoms with E-state index in [-0.39, 0.29) is 10.6 Å². The molecule has 5 rings (SSSR count). The number of likely N-dealkylation sites (tertiary alicyclic amines) is 1. The Kier molecular flexibility index (Phi) is 7.32. The largest absolute Gasteiger partial charge is 0.633 e. The molecule has 0 bridgehead atoms. The van der Waals surface area contributed by atoms with Gasteiger partial charge in [-0.1, -0.05) is 19.1 Å². The lowest BCUT2D eigenvalue weighted by atomic mass is 9.83. The van der Waals surface area contributed by atoms with Gasteiger partial charge in [-0.3, -0.25) is 9.78 Å². The van der Waals surface area contributed by atoms with E-state index in [0.29, 0.717) is 37.0 Å². The molecule has 1 N–H and O–H groups in total. The molecule has 1 amide bonds. The van der Waals surface area contributed by atoms with Crippen LogP contribution in [-0.4, -0.2) is 66.2 Å². The Bertz CT molecular complexity index is 1320. The topological polar surface area (TPSA) is 81.2 Å². The molecule has 0 saturated carbocycles. The summed E-state index contributed by atoms with van der Waals surface area (Å²) in [5.74, 6) is 1.50. The van der Waals surface area contributed by atoms with Gasteiger partial charge in [0.05, 0.1) is 13.1 Å². The molecule has 0 spiro atoms. The second kappa shape index (κ2) is 10.7. The first kappa shape index (κ1) is 26.1. The molecule has 2 aliphatic rings. The smallest absolute Gasteiger partial charge is 0.253 e. The highest BCUT2D eigenvalue weighted by molar-refractivity contribution is 5.93. The van der Waals surface area contributed by atoms with Crippen LogP contribution in [0.4, 0.5) is 5.82 Å². The van der Waals surface area contributed by atoms with Gasteiger partial charge in [-0.2, -0.15) is 0 Å². The Hall–Kier alpha value is -3.55. The molecule has 1 fully saturated rings. The second-order valence-corrected chi connectivity index (χ2v) is 11.0. The third-order valence-corrected chi connectivity index (χ3v) is 8.14. The molecule has 3 aromatic rings. The molecule has 1 aliphatic carbocycles. The molecule has 1 atom stereocenters. The number of nitrogens with one attached hydrogen (secondary N) is 1. The molecule has 1 saturated heterocycles. The van der Waals surface area contributed by atoms with Crippen LogP contribution in [0.25, 0.3) is 17.2 Å². The quantitative estimate of drug-likeness (QED) is 0.356. The monoisotopic (exact) mass is 511 g/mol. The van der Waals surface area contributed by atoms with Gasteiger partial charge >= 0.3 is 0 Å². The number of nitrogens with zero attached hydrogens (tertiary/aromatic N) is 4. The Labute approximate surface area is 225 Å². The van der Waals surface area contributed by atoms with Crippen molar-refractivity contribution in [3.8, 4) is 11.1 Å². The van der Waals surface area contributed by atoms with E-state index in [2.05, 4.69) is 46.5 Å². The van der Waals surface area contributed by atoms with Crippen LogP contribution in [0, 0.1) is 11.1 Å². The maximum atomic E-state index is 13.9. The van der Waals surface area contributed by atoms with Crippen LogP contribution in [0.1, 0.15) is 52.9 Å². The Morgan fingerprint density at radius 1 is 1.08 bits per heavy atom. The number of amides is 1. The lowest BCUT2D eigenvalue weighted by Crippen LogP contribution is -2.49. The van der Waals surface area contributed by atoms with Crippen LogP contribution < -0.4 is 5.32 Å². The SMILES string of the molecule is CNc1ccc(-c2ccnc3c2C=C(C[N+]2([O-])CCC(c4ccc(C(=O)N(C)C)cc4)CC2)C(C)C3)cn1. The van der Waals surface area contributed by atoms with E-state index in [4.69, 9.17) is 0 Å². The van der Waals surface area contributed by atoms with Crippen LogP contribution in [0.2, 0.25) is 0 Å². The summed E-state index contributed by atoms with van der Waals surface area (Å²) in [6.07, 6.45) is 8.56. The highest BCUT2D eigenvalue weighted by Crippen LogP contribution is 2.37. The number of quaternary nitrogens is 1. The number of anilines is 1. The summed E-state index contributed by atoms with van der Waals surface area (Å²) in [6.45, 7) is 3.95. The number of carbonyl (C=O) groups is 1. The number of carbonyl (C=O) groups excluding carboxylic acids is 1. The summed E-state index contributed by atoms with van der Waals surface area (Å²) < 4.78 is -0.173. The van der Waals surface area contributed by atoms with Gasteiger partial charge in [0.15, 0.2) is 0 Å². The van der Waals surface area contributed by atoms with Crippen molar-refractivity contribution in [1.29, 1.82) is 0 Å². The van der Waals surface area contributed by atoms with Crippen molar-refractivity contribution >= 4 is 17.8 Å². The van der Waals surface area contributed by atoms with E-state index >= 15 is 0 Å². The van der Waals surface area contributed by atoms with Crippen molar-refractivity contribution < 1.29 is 9.44 Å². The average Bonchev–Trinajstić information content (AvgIpc) is 2.93. The number of rotatable bonds is 6. The highest BCUT2D eigenvalue weighted by Gasteiger charge is 2.31. The maximum Gasteiger partial charge on any atom is 0.253 e. The van der Waals surface area contributed by atoms with Crippen LogP contribution in [-0.2, 0) is 6.42 Å². The fourth-order valence-corrected chi connectivity index (χ4v) is 5.76. The van der Waals surface area contributed by atoms with Crippen molar-refractivity contribution in [2.24, 2.45) is 5.92 Å². The molecule has 3 heterocycles. The minimum Gasteiger partial charge on any atom is -0.633 e. The fraction of sp³-hybridized carbons (Fsp3) is 0.387. The summed E-state index contributed by atoms with van der Waals surface area (Å²) in [6, 6.07) is 14.0. The minimum atomic E-state index is -0.173. The Morgan fingerprint density at radius 3 is 2.45 bits per heavy atom. The molecular formula is C31H37N5O2. The zero-order valence-electron chi connectivity index (χ0n) is 22.8. The van der Waals surface area contributed by atoms with E-state index in [1.54, 1.807) is 19.0 Å². The number of pyridine rings is 2. The summed E-state index contributed by atoms with van der Waals surface area (Å²) in [5, 5.41) is 16.9. The van der Waals surface area contributed by atoms with Gasteiger partial charge in [-0.15, -0.1) is 0 Å². The van der Waals surface area contributed by atoms with E-state index in [0.717, 1.165) is 47.5 Å². The Morgan fingerprint density at radius 2 is 1.82 bits per heavy atom. The van der Waals surface area contributed by atoms with Crippen molar-refractivity contribution in [1.82, 2.24) is 14.9 Å². The maximum absolute atomic E-state index is 13.9. The first-order valence-corrected chi connectivity index (χ1v) is 13.5. The molecule has 1 aliphatic heterocycles. The van der Waals surface area contributed by atoms with Gasteiger partial charge in [-0.25, -0.2) is 4.98 Å². The molecule has 7 heteroatoms. The zero-order valence-corrected chi connectivity index (χ0v) is 22.8. The first-order chi connectivity index (χ1) is 18.3. The van der Waals surface area contributed by atoms with Gasteiger partial charge in [0.1, 0.15) is 12.4 Å². The molecule has 2 aromatic heterocycles. The molecular weight excluding hydrogens is 474 g/mol. The number of hydrogen-bond acceptors (Lipinski definition) is 5. The third-order valence-electron chi connectivity index (χ3n) is 8.14. The van der Waals surface area contributed by atoms with Crippen LogP contribution in [0.3, 0.4) is 0 Å². The number of benzene rings is 1. The number of fused-ring (bicyclic) bond motifs is 1. The van der Waals surface area contributed by atoms with Gasteiger partial charge < -0.3 is 20.1 Å². The van der Waals surface area contributed by atoms with Crippen LogP contribution >= 0.6 is 0 Å². The summed E-state index contributed by atoms with van der Waals surface area (Å²) in [5.41, 5.74) is 7.51. The second-order valence-electron chi connectivity index (χ2n) is 11.0. The van der Waals surface area contributed by atoms with Crippen LogP contribution in [0.15, 0.2) is 60.4 Å². The zero-order chi connectivity index (χ0) is 26.9. The van der Waals surface area contributed by atoms with Crippen molar-refractivity contribution in [2.75, 3.05) is 46.1 Å². The van der Waals surface area contributed by atoms with Crippen molar-refractivity contribution in [3.63, 3.8) is 0 Å². The number of hydroxylamine groups is 3. The molecule has 198 valence electrons. The van der Waals surface area contributed by atoms with Gasteiger partial charge in [-0.05, 0) is 71.4 Å². The van der Waals surface area contributed by atoms with E-state index in [9.17, 15) is 10.0 Å². The molecule has 1 aromatic carbocycles. The van der Waals surface area contributed by atoms with E-state index < -0.39 is 0 Å². The standard InChI is InChI=1S/C31H37N5O2/c1-21-17-29-28(27(11-14-33-29)25-9-10-30(32-2)34-19-25)18-26(21)20-36(38)15-12-23(13-16-36)22-5-7-24(8-6-22)31(37)35(3)4/h5-11,14,18-19,21,23H,12-13,15-17,20H2,1-4H3,(H,32,34). The average molecular weight is 512 g/mol. The van der Waals surface area contributed by atoms with Crippen molar-refractivity contribution in [2.45, 2.75) is 32.1 Å². The van der Waals surface area contributed by atoms with E-state index in [1.807, 2.05) is 43.7 Å². The minimum absolute atomic E-state index is 0.0106. The fourth-order valence-electron chi connectivity index (χ4n) is 5.76. The number of hydrogen-bond donors (Lipinski definition) is 1. The molecule has 7 nitrogen and oxygen atoms in total. The predicted octanol–water partition coefficient (Wildman–Crippen LogP) is 5.35. The summed E-state index contributed by atoms with van der Waals surface area (Å²) >= 11 is 0. The highest BCUT2D eigenvalue weighted by atomic mass is 16.5. The Balaban J connectivity index is 1.30. The lowest BCUT2D eigenvalue weighted by molar-refractivity contribution is -0.881. The third kappa shape index (κ3) is 5.35. The van der Waals surface area contributed by atoms with Gasteiger partial charge in [0.2, 0.25) is 0 Å². The lowest BCUT2D eigenvalue weighted by Gasteiger charge is -2.48. The van der Waals surface area contributed by atoms with E-state index in [1.165, 1.54) is 11.1 Å². The number of aromatic nitrogens is 2. The first-order valence-electron chi connectivity index (χ1n) is 13.5. The molecule has 0 radical (unpaired) electrons. The predicted molar refractivity (Wildman–Crippen MR) is 153 cm³/mol. The van der Waals surface area contributed by atoms with Crippen molar-refractivity contribution in [3.05, 3.63) is 88.0 Å². The van der Waals surface area contributed by atoms with Gasteiger partial charge in [0.25, 0.3) is 5.91 Å².